The zero-order valence-corrected chi connectivity index (χ0v) is 17.7. The molecule has 148 valence electrons. The van der Waals surface area contributed by atoms with Crippen molar-refractivity contribution in [3.8, 4) is 11.4 Å². The highest BCUT2D eigenvalue weighted by Crippen LogP contribution is 2.23. The average molecular weight is 391 g/mol. The van der Waals surface area contributed by atoms with E-state index in [1.54, 1.807) is 7.11 Å². The van der Waals surface area contributed by atoms with Crippen LogP contribution in [-0.4, -0.2) is 39.6 Å². The molecule has 0 saturated heterocycles. The van der Waals surface area contributed by atoms with Gasteiger partial charge < -0.3 is 10.1 Å². The summed E-state index contributed by atoms with van der Waals surface area (Å²) in [7, 11) is 1.64. The van der Waals surface area contributed by atoms with Gasteiger partial charge in [0, 0.05) is 11.7 Å². The Labute approximate surface area is 166 Å². The number of carbonyl (C=O) groups excluding carboxylic acids is 1. The van der Waals surface area contributed by atoms with Crippen molar-refractivity contribution < 1.29 is 9.53 Å². The van der Waals surface area contributed by atoms with Gasteiger partial charge >= 0.3 is 0 Å². The topological polar surface area (TPSA) is 69.0 Å². The largest absolute Gasteiger partial charge is 0.497 e. The molecule has 0 radical (unpaired) electrons. The average Bonchev–Trinajstić information content (AvgIpc) is 3.00. The maximum absolute atomic E-state index is 12.3. The van der Waals surface area contributed by atoms with Crippen LogP contribution in [0.3, 0.4) is 0 Å². The van der Waals surface area contributed by atoms with Gasteiger partial charge in [0.15, 0.2) is 5.16 Å². The van der Waals surface area contributed by atoms with Crippen LogP contribution in [0.25, 0.3) is 5.69 Å². The molecular formula is C20H30N4O2S. The Morgan fingerprint density at radius 3 is 2.52 bits per heavy atom. The third-order valence-electron chi connectivity index (χ3n) is 4.28. The Kier molecular flexibility index (Phi) is 8.16. The predicted molar refractivity (Wildman–Crippen MR) is 110 cm³/mol. The van der Waals surface area contributed by atoms with Crippen LogP contribution < -0.4 is 10.1 Å². The number of aromatic nitrogens is 3. The van der Waals surface area contributed by atoms with Gasteiger partial charge in [0.1, 0.15) is 11.6 Å². The Morgan fingerprint density at radius 2 is 1.89 bits per heavy atom. The number of nitrogens with one attached hydrogen (secondary N) is 1. The summed E-state index contributed by atoms with van der Waals surface area (Å²) in [6.45, 7) is 8.41. The number of thioether (sulfide) groups is 1. The highest BCUT2D eigenvalue weighted by Gasteiger charge is 2.14. The second-order valence-corrected chi connectivity index (χ2v) is 8.09. The molecular weight excluding hydrogens is 360 g/mol. The van der Waals surface area contributed by atoms with Gasteiger partial charge in [0.2, 0.25) is 5.91 Å². The van der Waals surface area contributed by atoms with Crippen LogP contribution in [0, 0.1) is 12.8 Å². The molecule has 2 aromatic rings. The molecule has 0 aliphatic rings. The fourth-order valence-electron chi connectivity index (χ4n) is 2.82. The molecule has 1 heterocycles. The van der Waals surface area contributed by atoms with Gasteiger partial charge in [-0.1, -0.05) is 38.5 Å². The van der Waals surface area contributed by atoms with Crippen molar-refractivity contribution in [3.05, 3.63) is 30.1 Å². The van der Waals surface area contributed by atoms with E-state index in [0.29, 0.717) is 16.8 Å². The zero-order chi connectivity index (χ0) is 19.8. The molecule has 0 fully saturated rings. The molecule has 7 heteroatoms. The molecule has 1 amide bonds. The summed E-state index contributed by atoms with van der Waals surface area (Å²) in [5.41, 5.74) is 0.947. The molecule has 0 aliphatic heterocycles. The third-order valence-corrected chi connectivity index (χ3v) is 5.21. The fourth-order valence-corrected chi connectivity index (χ4v) is 3.62. The van der Waals surface area contributed by atoms with Crippen LogP contribution >= 0.6 is 11.8 Å². The second-order valence-electron chi connectivity index (χ2n) is 7.15. The molecule has 0 bridgehead atoms. The summed E-state index contributed by atoms with van der Waals surface area (Å²) in [5.74, 6) is 2.63. The Hall–Kier alpha value is -2.02. The normalized spacial score (nSPS) is 12.2. The summed E-state index contributed by atoms with van der Waals surface area (Å²) >= 11 is 1.40. The molecule has 0 aliphatic carbocycles. The van der Waals surface area contributed by atoms with E-state index in [9.17, 15) is 4.79 Å². The number of nitrogens with zero attached hydrogens (tertiary/aromatic N) is 3. The first-order chi connectivity index (χ1) is 12.9. The SMILES string of the molecule is COc1ccc(-n2c(C)nnc2SCC(=O)NC(C)CCCC(C)C)cc1. The Bertz CT molecular complexity index is 728. The van der Waals surface area contributed by atoms with E-state index in [1.807, 2.05) is 35.8 Å². The van der Waals surface area contributed by atoms with Crippen LogP contribution in [0.5, 0.6) is 5.75 Å². The predicted octanol–water partition coefficient (Wildman–Crippen LogP) is 4.01. The maximum Gasteiger partial charge on any atom is 0.230 e. The van der Waals surface area contributed by atoms with Gasteiger partial charge in [-0.15, -0.1) is 10.2 Å². The summed E-state index contributed by atoms with van der Waals surface area (Å²) in [6, 6.07) is 7.90. The molecule has 1 atom stereocenters. The molecule has 1 aromatic carbocycles. The number of carbonyl (C=O) groups is 1. The molecule has 0 spiro atoms. The number of methoxy groups -OCH3 is 1. The van der Waals surface area contributed by atoms with E-state index in [0.717, 1.165) is 30.1 Å². The number of ether oxygens (including phenoxy) is 1. The number of amides is 1. The van der Waals surface area contributed by atoms with Crippen molar-refractivity contribution in [2.24, 2.45) is 5.92 Å². The highest BCUT2D eigenvalue weighted by molar-refractivity contribution is 7.99. The molecule has 1 unspecified atom stereocenters. The van der Waals surface area contributed by atoms with E-state index in [4.69, 9.17) is 4.74 Å². The lowest BCUT2D eigenvalue weighted by Crippen LogP contribution is -2.33. The maximum atomic E-state index is 12.3. The summed E-state index contributed by atoms with van der Waals surface area (Å²) in [6.07, 6.45) is 3.34. The number of hydrogen-bond donors (Lipinski definition) is 1. The third kappa shape index (κ3) is 6.57. The van der Waals surface area contributed by atoms with Gasteiger partial charge in [0.25, 0.3) is 0 Å². The summed E-state index contributed by atoms with van der Waals surface area (Å²) in [5, 5.41) is 12.2. The van der Waals surface area contributed by atoms with Crippen LogP contribution in [0.15, 0.2) is 29.4 Å². The van der Waals surface area contributed by atoms with E-state index < -0.39 is 0 Å². The molecule has 6 nitrogen and oxygen atoms in total. The molecule has 0 saturated carbocycles. The lowest BCUT2D eigenvalue weighted by atomic mass is 10.0. The second kappa shape index (κ2) is 10.3. The van der Waals surface area contributed by atoms with Crippen molar-refractivity contribution in [1.29, 1.82) is 0 Å². The van der Waals surface area contributed by atoms with E-state index in [2.05, 4.69) is 36.3 Å². The van der Waals surface area contributed by atoms with Crippen LogP contribution in [0.4, 0.5) is 0 Å². The van der Waals surface area contributed by atoms with E-state index in [-0.39, 0.29) is 11.9 Å². The quantitative estimate of drug-likeness (QED) is 0.621. The first-order valence-electron chi connectivity index (χ1n) is 9.39. The minimum absolute atomic E-state index is 0.0268. The zero-order valence-electron chi connectivity index (χ0n) is 16.9. The molecule has 27 heavy (non-hydrogen) atoms. The Morgan fingerprint density at radius 1 is 1.19 bits per heavy atom. The number of hydrogen-bond acceptors (Lipinski definition) is 5. The van der Waals surface area contributed by atoms with Gasteiger partial charge in [-0.05, 0) is 50.5 Å². The number of aryl methyl sites for hydroxylation is 1. The van der Waals surface area contributed by atoms with Gasteiger partial charge in [-0.3, -0.25) is 9.36 Å². The molecule has 2 rings (SSSR count). The summed E-state index contributed by atoms with van der Waals surface area (Å²) < 4.78 is 7.15. The van der Waals surface area contributed by atoms with Gasteiger partial charge in [-0.2, -0.15) is 0 Å². The van der Waals surface area contributed by atoms with Gasteiger partial charge in [-0.25, -0.2) is 0 Å². The van der Waals surface area contributed by atoms with Crippen molar-refractivity contribution in [3.63, 3.8) is 0 Å². The summed E-state index contributed by atoms with van der Waals surface area (Å²) in [4.78, 5) is 12.3. The standard InChI is InChI=1S/C20H30N4O2S/c1-14(2)7-6-8-15(3)21-19(25)13-27-20-23-22-16(4)24(20)17-9-11-18(26-5)12-10-17/h9-12,14-15H,6-8,13H2,1-5H3,(H,21,25). The van der Waals surface area contributed by atoms with Crippen molar-refractivity contribution in [2.75, 3.05) is 12.9 Å². The van der Waals surface area contributed by atoms with E-state index in [1.165, 1.54) is 18.2 Å². The monoisotopic (exact) mass is 390 g/mol. The van der Waals surface area contributed by atoms with Crippen molar-refractivity contribution >= 4 is 17.7 Å². The first kappa shape index (κ1) is 21.3. The molecule has 1 aromatic heterocycles. The lowest BCUT2D eigenvalue weighted by molar-refractivity contribution is -0.119. The van der Waals surface area contributed by atoms with Crippen LogP contribution in [0.1, 0.15) is 45.9 Å². The van der Waals surface area contributed by atoms with Crippen molar-refractivity contribution in [1.82, 2.24) is 20.1 Å². The fraction of sp³-hybridized carbons (Fsp3) is 0.550. The van der Waals surface area contributed by atoms with Crippen LogP contribution in [-0.2, 0) is 4.79 Å². The van der Waals surface area contributed by atoms with Gasteiger partial charge in [0.05, 0.1) is 12.9 Å². The highest BCUT2D eigenvalue weighted by atomic mass is 32.2. The van der Waals surface area contributed by atoms with E-state index >= 15 is 0 Å². The minimum Gasteiger partial charge on any atom is -0.497 e. The lowest BCUT2D eigenvalue weighted by Gasteiger charge is -2.14. The van der Waals surface area contributed by atoms with Crippen molar-refractivity contribution in [2.45, 2.75) is 58.2 Å². The smallest absolute Gasteiger partial charge is 0.230 e. The Balaban J connectivity index is 1.91. The number of rotatable bonds is 10. The molecule has 1 N–H and O–H groups in total. The number of benzene rings is 1. The first-order valence-corrected chi connectivity index (χ1v) is 10.4. The minimum atomic E-state index is 0.0268. The van der Waals surface area contributed by atoms with Crippen LogP contribution in [0.2, 0.25) is 0 Å².